The SMILES string of the molecule is CCCc1cc(CNC)cc(NCC)n1. The van der Waals surface area contributed by atoms with Gasteiger partial charge in [0.15, 0.2) is 0 Å². The van der Waals surface area contributed by atoms with Crippen molar-refractivity contribution >= 4 is 5.82 Å². The zero-order valence-corrected chi connectivity index (χ0v) is 9.93. The Bertz CT molecular complexity index is 237. The smallest absolute Gasteiger partial charge is 0.126 e. The van der Waals surface area contributed by atoms with Gasteiger partial charge in [0.2, 0.25) is 0 Å². The number of hydrogen-bond donors (Lipinski definition) is 2. The maximum Gasteiger partial charge on any atom is 0.126 e. The summed E-state index contributed by atoms with van der Waals surface area (Å²) < 4.78 is 0. The zero-order valence-electron chi connectivity index (χ0n) is 9.93. The first kappa shape index (κ1) is 12.0. The number of aromatic nitrogens is 1. The third-order valence-electron chi connectivity index (χ3n) is 2.18. The van der Waals surface area contributed by atoms with Crippen LogP contribution < -0.4 is 10.6 Å². The van der Waals surface area contributed by atoms with Gasteiger partial charge < -0.3 is 10.6 Å². The number of nitrogens with one attached hydrogen (secondary N) is 2. The fraction of sp³-hybridized carbons (Fsp3) is 0.583. The fourth-order valence-corrected chi connectivity index (χ4v) is 1.61. The lowest BCUT2D eigenvalue weighted by molar-refractivity contribution is 0.806. The highest BCUT2D eigenvalue weighted by Gasteiger charge is 2.01. The highest BCUT2D eigenvalue weighted by atomic mass is 15.0. The van der Waals surface area contributed by atoms with Gasteiger partial charge in [0.1, 0.15) is 5.82 Å². The Morgan fingerprint density at radius 2 is 2.07 bits per heavy atom. The number of hydrogen-bond acceptors (Lipinski definition) is 3. The van der Waals surface area contributed by atoms with E-state index >= 15 is 0 Å². The summed E-state index contributed by atoms with van der Waals surface area (Å²) in [5.41, 5.74) is 2.48. The highest BCUT2D eigenvalue weighted by molar-refractivity contribution is 5.39. The van der Waals surface area contributed by atoms with Crippen molar-refractivity contribution in [3.63, 3.8) is 0 Å². The van der Waals surface area contributed by atoms with Gasteiger partial charge >= 0.3 is 0 Å². The average Bonchev–Trinajstić information content (AvgIpc) is 2.19. The molecule has 0 atom stereocenters. The summed E-state index contributed by atoms with van der Waals surface area (Å²) in [6.45, 7) is 6.09. The van der Waals surface area contributed by atoms with Crippen LogP contribution in [0.4, 0.5) is 5.82 Å². The molecule has 15 heavy (non-hydrogen) atoms. The molecule has 2 N–H and O–H groups in total. The number of nitrogens with zero attached hydrogens (tertiary/aromatic N) is 1. The van der Waals surface area contributed by atoms with E-state index in [-0.39, 0.29) is 0 Å². The largest absolute Gasteiger partial charge is 0.370 e. The third kappa shape index (κ3) is 3.88. The second-order valence-corrected chi connectivity index (χ2v) is 3.66. The molecule has 0 saturated heterocycles. The molecular weight excluding hydrogens is 186 g/mol. The second-order valence-electron chi connectivity index (χ2n) is 3.66. The quantitative estimate of drug-likeness (QED) is 0.750. The first-order valence-electron chi connectivity index (χ1n) is 5.68. The minimum atomic E-state index is 0.900. The van der Waals surface area contributed by atoms with Gasteiger partial charge in [0.05, 0.1) is 0 Å². The summed E-state index contributed by atoms with van der Waals surface area (Å²) in [4.78, 5) is 4.56. The van der Waals surface area contributed by atoms with Crippen molar-refractivity contribution in [1.29, 1.82) is 0 Å². The first-order chi connectivity index (χ1) is 7.30. The van der Waals surface area contributed by atoms with Crippen LogP contribution in [0, 0.1) is 0 Å². The molecule has 0 aliphatic carbocycles. The first-order valence-corrected chi connectivity index (χ1v) is 5.68. The molecule has 0 saturated carbocycles. The van der Waals surface area contributed by atoms with Gasteiger partial charge in [-0.2, -0.15) is 0 Å². The topological polar surface area (TPSA) is 37.0 Å². The number of aryl methyl sites for hydroxylation is 1. The lowest BCUT2D eigenvalue weighted by Crippen LogP contribution is -2.08. The Morgan fingerprint density at radius 3 is 2.67 bits per heavy atom. The van der Waals surface area contributed by atoms with Crippen LogP contribution >= 0.6 is 0 Å². The molecule has 0 aromatic carbocycles. The van der Waals surface area contributed by atoms with Gasteiger partial charge in [-0.05, 0) is 38.1 Å². The summed E-state index contributed by atoms with van der Waals surface area (Å²) in [5.74, 6) is 0.994. The molecule has 0 radical (unpaired) electrons. The molecule has 0 aliphatic rings. The van der Waals surface area contributed by atoms with E-state index < -0.39 is 0 Å². The Labute approximate surface area is 92.3 Å². The van der Waals surface area contributed by atoms with Crippen LogP contribution in [0.3, 0.4) is 0 Å². The van der Waals surface area contributed by atoms with E-state index in [1.807, 2.05) is 7.05 Å². The van der Waals surface area contributed by atoms with Gasteiger partial charge in [-0.25, -0.2) is 4.98 Å². The molecule has 3 nitrogen and oxygen atoms in total. The van der Waals surface area contributed by atoms with Gasteiger partial charge in [0, 0.05) is 18.8 Å². The fourth-order valence-electron chi connectivity index (χ4n) is 1.61. The molecule has 0 bridgehead atoms. The maximum atomic E-state index is 4.56. The summed E-state index contributed by atoms with van der Waals surface area (Å²) in [6, 6.07) is 4.29. The van der Waals surface area contributed by atoms with Crippen LogP contribution in [0.15, 0.2) is 12.1 Å². The van der Waals surface area contributed by atoms with Crippen molar-refractivity contribution in [2.75, 3.05) is 18.9 Å². The van der Waals surface area contributed by atoms with Gasteiger partial charge in [0.25, 0.3) is 0 Å². The normalized spacial score (nSPS) is 10.3. The molecule has 84 valence electrons. The zero-order chi connectivity index (χ0) is 11.1. The Kier molecular flexibility index (Phi) is 5.12. The van der Waals surface area contributed by atoms with Crippen molar-refractivity contribution in [3.05, 3.63) is 23.4 Å². The Balaban J connectivity index is 2.86. The van der Waals surface area contributed by atoms with Crippen molar-refractivity contribution in [2.24, 2.45) is 0 Å². The highest BCUT2D eigenvalue weighted by Crippen LogP contribution is 2.11. The Morgan fingerprint density at radius 1 is 1.27 bits per heavy atom. The van der Waals surface area contributed by atoms with E-state index in [0.29, 0.717) is 0 Å². The molecule has 0 unspecified atom stereocenters. The maximum absolute atomic E-state index is 4.56. The third-order valence-corrected chi connectivity index (χ3v) is 2.18. The van der Waals surface area contributed by atoms with E-state index in [0.717, 1.165) is 31.7 Å². The Hall–Kier alpha value is -1.09. The molecule has 0 amide bonds. The lowest BCUT2D eigenvalue weighted by atomic mass is 10.1. The number of pyridine rings is 1. The molecule has 1 aromatic heterocycles. The predicted molar refractivity (Wildman–Crippen MR) is 65.2 cm³/mol. The van der Waals surface area contributed by atoms with Crippen molar-refractivity contribution in [3.8, 4) is 0 Å². The monoisotopic (exact) mass is 207 g/mol. The average molecular weight is 207 g/mol. The van der Waals surface area contributed by atoms with Crippen molar-refractivity contribution < 1.29 is 0 Å². The minimum absolute atomic E-state index is 0.900. The molecule has 1 aromatic rings. The van der Waals surface area contributed by atoms with E-state index in [2.05, 4.69) is 41.6 Å². The van der Waals surface area contributed by atoms with Crippen LogP contribution in [0.2, 0.25) is 0 Å². The molecule has 1 rings (SSSR count). The van der Waals surface area contributed by atoms with Crippen LogP contribution in [0.5, 0.6) is 0 Å². The van der Waals surface area contributed by atoms with Gasteiger partial charge in [-0.1, -0.05) is 13.3 Å². The van der Waals surface area contributed by atoms with E-state index in [1.54, 1.807) is 0 Å². The molecule has 0 fully saturated rings. The van der Waals surface area contributed by atoms with Crippen LogP contribution in [0.1, 0.15) is 31.5 Å². The van der Waals surface area contributed by atoms with E-state index in [9.17, 15) is 0 Å². The van der Waals surface area contributed by atoms with Gasteiger partial charge in [-0.15, -0.1) is 0 Å². The molecule has 1 heterocycles. The van der Waals surface area contributed by atoms with E-state index in [1.165, 1.54) is 11.3 Å². The van der Waals surface area contributed by atoms with E-state index in [4.69, 9.17) is 0 Å². The van der Waals surface area contributed by atoms with Crippen molar-refractivity contribution in [2.45, 2.75) is 33.2 Å². The van der Waals surface area contributed by atoms with Crippen molar-refractivity contribution in [1.82, 2.24) is 10.3 Å². The summed E-state index contributed by atoms with van der Waals surface area (Å²) in [5, 5.41) is 6.43. The standard InChI is InChI=1S/C12H21N3/c1-4-6-11-7-10(9-13-3)8-12(15-11)14-5-2/h7-8,13H,4-6,9H2,1-3H3,(H,14,15). The second kappa shape index (κ2) is 6.40. The molecule has 3 heteroatoms. The number of rotatable bonds is 6. The predicted octanol–water partition coefficient (Wildman–Crippen LogP) is 2.19. The van der Waals surface area contributed by atoms with Gasteiger partial charge in [-0.3, -0.25) is 0 Å². The summed E-state index contributed by atoms with van der Waals surface area (Å²) in [7, 11) is 1.97. The molecule has 0 aliphatic heterocycles. The summed E-state index contributed by atoms with van der Waals surface area (Å²) >= 11 is 0. The minimum Gasteiger partial charge on any atom is -0.370 e. The molecular formula is C12H21N3. The van der Waals surface area contributed by atoms with Crippen LogP contribution in [-0.2, 0) is 13.0 Å². The lowest BCUT2D eigenvalue weighted by Gasteiger charge is -2.09. The van der Waals surface area contributed by atoms with Crippen LogP contribution in [0.25, 0.3) is 0 Å². The number of anilines is 1. The summed E-state index contributed by atoms with van der Waals surface area (Å²) in [6.07, 6.45) is 2.19. The van der Waals surface area contributed by atoms with Crippen LogP contribution in [-0.4, -0.2) is 18.6 Å². The molecule has 0 spiro atoms.